The summed E-state index contributed by atoms with van der Waals surface area (Å²) in [6.07, 6.45) is 0.589. The van der Waals surface area contributed by atoms with Gasteiger partial charge in [-0.15, -0.1) is 0 Å². The number of rotatable bonds is 6. The summed E-state index contributed by atoms with van der Waals surface area (Å²) >= 11 is -2.75. The molecule has 0 fully saturated rings. The van der Waals surface area contributed by atoms with Crippen molar-refractivity contribution in [3.05, 3.63) is 102 Å². The van der Waals surface area contributed by atoms with Crippen LogP contribution in [0.2, 0.25) is 9.88 Å². The summed E-state index contributed by atoms with van der Waals surface area (Å²) in [5.74, 6) is 0.246. The van der Waals surface area contributed by atoms with Gasteiger partial charge >= 0.3 is 155 Å². The maximum atomic E-state index is 12.9. The van der Waals surface area contributed by atoms with Crippen LogP contribution in [0.5, 0.6) is 0 Å². The van der Waals surface area contributed by atoms with Crippen molar-refractivity contribution in [3.63, 3.8) is 0 Å². The van der Waals surface area contributed by atoms with E-state index in [0.29, 0.717) is 10.4 Å². The number of hydrogen-bond donors (Lipinski definition) is 0. The van der Waals surface area contributed by atoms with Gasteiger partial charge in [0.15, 0.2) is 0 Å². The first-order valence-corrected chi connectivity index (χ1v) is 17.6. The van der Waals surface area contributed by atoms with E-state index in [4.69, 9.17) is 0 Å². The fraction of sp³-hybridized carbons (Fsp3) is 0.174. The number of ketones is 1. The Morgan fingerprint density at radius 2 is 1.24 bits per heavy atom. The molecule has 0 radical (unpaired) electrons. The molecule has 0 amide bonds. The zero-order valence-electron chi connectivity index (χ0n) is 14.9. The van der Waals surface area contributed by atoms with Crippen molar-refractivity contribution in [1.82, 2.24) is 0 Å². The van der Waals surface area contributed by atoms with Gasteiger partial charge < -0.3 is 0 Å². The number of hydrogen-bond acceptors (Lipinski definition) is 1. The average molecular weight is 435 g/mol. The zero-order valence-corrected chi connectivity index (χ0v) is 17.7. The van der Waals surface area contributed by atoms with Gasteiger partial charge in [-0.3, -0.25) is 0 Å². The van der Waals surface area contributed by atoms with Gasteiger partial charge in [0.25, 0.3) is 0 Å². The summed E-state index contributed by atoms with van der Waals surface area (Å²) in [6, 6.07) is 31.1. The Balaban J connectivity index is 1.98. The van der Waals surface area contributed by atoms with Crippen molar-refractivity contribution in [2.24, 2.45) is 0 Å². The number of carbonyl (C=O) groups excluding carboxylic acids is 1. The van der Waals surface area contributed by atoms with Crippen molar-refractivity contribution < 1.29 is 4.79 Å². The monoisotopic (exact) mass is 436 g/mol. The topological polar surface area (TPSA) is 17.1 Å². The van der Waals surface area contributed by atoms with Crippen LogP contribution in [0.15, 0.2) is 91.0 Å². The molecule has 0 aromatic heterocycles. The molecule has 126 valence electrons. The fourth-order valence-electron chi connectivity index (χ4n) is 3.47. The van der Waals surface area contributed by atoms with E-state index in [1.807, 2.05) is 36.4 Å². The van der Waals surface area contributed by atoms with Crippen LogP contribution in [0.25, 0.3) is 0 Å². The number of Topliss-reactive ketones (excluding diaryl/α,β-unsaturated/α-hetero) is 1. The summed E-state index contributed by atoms with van der Waals surface area (Å²) in [6.45, 7) is 0. The van der Waals surface area contributed by atoms with E-state index in [1.54, 1.807) is 0 Å². The predicted octanol–water partition coefficient (Wildman–Crippen LogP) is 5.20. The standard InChI is InChI=1S/C15H13O.C6H5.2CH3.Sn/c16-15(14-9-5-2-6-10-14)12-11-13-7-3-1-4-8-13;1-2-4-6-5-3-1;;;/h1-11H,12H2;1-5H;2*1H3;. The van der Waals surface area contributed by atoms with Crippen LogP contribution in [0.4, 0.5) is 0 Å². The van der Waals surface area contributed by atoms with E-state index < -0.39 is 18.4 Å². The molecule has 1 nitrogen and oxygen atoms in total. The molecule has 2 heteroatoms. The quantitative estimate of drug-likeness (QED) is 0.385. The molecule has 3 aromatic rings. The first-order chi connectivity index (χ1) is 12.1. The Labute approximate surface area is 154 Å². The molecular formula is C23H24OSn. The Kier molecular flexibility index (Phi) is 5.74. The molecule has 0 saturated carbocycles. The molecule has 0 N–H and O–H groups in total. The van der Waals surface area contributed by atoms with E-state index >= 15 is 0 Å². The molecule has 0 aliphatic carbocycles. The molecule has 1 unspecified atom stereocenters. The molecule has 1 atom stereocenters. The Morgan fingerprint density at radius 3 is 1.80 bits per heavy atom. The van der Waals surface area contributed by atoms with Crippen LogP contribution in [0.3, 0.4) is 0 Å². The van der Waals surface area contributed by atoms with Crippen molar-refractivity contribution in [3.8, 4) is 0 Å². The van der Waals surface area contributed by atoms with Crippen molar-refractivity contribution in [1.29, 1.82) is 0 Å². The Bertz CT molecular complexity index is 810. The van der Waals surface area contributed by atoms with Crippen LogP contribution < -0.4 is 3.58 Å². The second-order valence-electron chi connectivity index (χ2n) is 7.04. The molecule has 0 saturated heterocycles. The third kappa shape index (κ3) is 4.21. The van der Waals surface area contributed by atoms with E-state index in [1.165, 1.54) is 9.14 Å². The van der Waals surface area contributed by atoms with Crippen molar-refractivity contribution in [2.75, 3.05) is 0 Å². The third-order valence-corrected chi connectivity index (χ3v) is 16.8. The minimum atomic E-state index is -2.75. The number of carbonyl (C=O) groups is 1. The molecule has 0 spiro atoms. The molecule has 3 rings (SSSR count). The van der Waals surface area contributed by atoms with E-state index in [0.717, 1.165) is 5.56 Å². The van der Waals surface area contributed by atoms with Gasteiger partial charge in [0.2, 0.25) is 0 Å². The maximum absolute atomic E-state index is 12.9. The van der Waals surface area contributed by atoms with Crippen LogP contribution in [-0.4, -0.2) is 24.2 Å². The third-order valence-electron chi connectivity index (χ3n) is 5.08. The predicted molar refractivity (Wildman–Crippen MR) is 108 cm³/mol. The fourth-order valence-corrected chi connectivity index (χ4v) is 12.5. The first-order valence-electron chi connectivity index (χ1n) is 8.78. The van der Waals surface area contributed by atoms with Crippen LogP contribution >= 0.6 is 0 Å². The van der Waals surface area contributed by atoms with Crippen LogP contribution in [0.1, 0.15) is 26.3 Å². The molecule has 3 aromatic carbocycles. The number of benzene rings is 3. The van der Waals surface area contributed by atoms with Gasteiger partial charge in [0.05, 0.1) is 0 Å². The molecule has 0 aliphatic heterocycles. The molecule has 25 heavy (non-hydrogen) atoms. The molecular weight excluding hydrogens is 411 g/mol. The summed E-state index contributed by atoms with van der Waals surface area (Å²) in [5.41, 5.74) is 2.12. The Hall–Kier alpha value is -1.87. The van der Waals surface area contributed by atoms with E-state index in [9.17, 15) is 4.79 Å². The van der Waals surface area contributed by atoms with Gasteiger partial charge in [0, 0.05) is 0 Å². The van der Waals surface area contributed by atoms with Crippen molar-refractivity contribution >= 4 is 27.7 Å². The average Bonchev–Trinajstić information content (AvgIpc) is 2.68. The van der Waals surface area contributed by atoms with Crippen molar-refractivity contribution in [2.45, 2.75) is 20.2 Å². The second-order valence-corrected chi connectivity index (χ2v) is 20.5. The minimum absolute atomic E-state index is 0.246. The van der Waals surface area contributed by atoms with Gasteiger partial charge in [-0.2, -0.15) is 0 Å². The van der Waals surface area contributed by atoms with Crippen LogP contribution in [0, 0.1) is 0 Å². The summed E-state index contributed by atoms with van der Waals surface area (Å²) in [5, 5.41) is 0. The SMILES string of the molecule is [CH3][Sn]([CH3])([c]1ccccc1)[CH](CC(=O)c1ccccc1)c1ccccc1. The van der Waals surface area contributed by atoms with Crippen LogP contribution in [-0.2, 0) is 0 Å². The molecule has 0 heterocycles. The van der Waals surface area contributed by atoms with Gasteiger partial charge in [-0.05, 0) is 0 Å². The van der Waals surface area contributed by atoms with E-state index in [-0.39, 0.29) is 5.78 Å². The van der Waals surface area contributed by atoms with Gasteiger partial charge in [-0.25, -0.2) is 0 Å². The summed E-state index contributed by atoms with van der Waals surface area (Å²) in [7, 11) is 0. The normalized spacial score (nSPS) is 12.6. The molecule has 0 bridgehead atoms. The summed E-state index contributed by atoms with van der Waals surface area (Å²) in [4.78, 5) is 17.8. The summed E-state index contributed by atoms with van der Waals surface area (Å²) < 4.78 is 1.79. The second kappa shape index (κ2) is 8.01. The van der Waals surface area contributed by atoms with E-state index in [2.05, 4.69) is 64.5 Å². The van der Waals surface area contributed by atoms with Gasteiger partial charge in [0.1, 0.15) is 0 Å². The Morgan fingerprint density at radius 1 is 0.760 bits per heavy atom. The zero-order chi connectivity index (χ0) is 17.7. The van der Waals surface area contributed by atoms with Gasteiger partial charge in [-0.1, -0.05) is 0 Å². The first kappa shape index (κ1) is 17.9. The molecule has 0 aliphatic rings.